The average Bonchev–Trinajstić information content (AvgIpc) is 3.23. The van der Waals surface area contributed by atoms with E-state index in [9.17, 15) is 13.6 Å². The van der Waals surface area contributed by atoms with Gasteiger partial charge in [0.1, 0.15) is 11.6 Å². The van der Waals surface area contributed by atoms with E-state index in [1.54, 1.807) is 0 Å². The van der Waals surface area contributed by atoms with E-state index >= 15 is 0 Å². The van der Waals surface area contributed by atoms with Crippen molar-refractivity contribution in [3.63, 3.8) is 0 Å². The Morgan fingerprint density at radius 3 is 2.59 bits per heavy atom. The van der Waals surface area contributed by atoms with Gasteiger partial charge in [0.05, 0.1) is 0 Å². The van der Waals surface area contributed by atoms with Gasteiger partial charge in [0.2, 0.25) is 5.91 Å². The van der Waals surface area contributed by atoms with Gasteiger partial charge in [-0.15, -0.1) is 12.4 Å². The van der Waals surface area contributed by atoms with Crippen molar-refractivity contribution in [2.24, 2.45) is 11.7 Å². The van der Waals surface area contributed by atoms with Gasteiger partial charge in [-0.05, 0) is 25.0 Å². The van der Waals surface area contributed by atoms with Crippen LogP contribution >= 0.6 is 12.4 Å². The summed E-state index contributed by atoms with van der Waals surface area (Å²) in [6.45, 7) is 2.46. The Balaban J connectivity index is 0.00000242. The lowest BCUT2D eigenvalue weighted by Gasteiger charge is -2.16. The summed E-state index contributed by atoms with van der Waals surface area (Å²) < 4.78 is 27.4. The highest BCUT2D eigenvalue weighted by Crippen LogP contribution is 2.49. The number of benzene rings is 1. The van der Waals surface area contributed by atoms with Crippen molar-refractivity contribution in [3.8, 4) is 0 Å². The first kappa shape index (κ1) is 18.8. The van der Waals surface area contributed by atoms with Crippen LogP contribution in [0.2, 0.25) is 0 Å². The van der Waals surface area contributed by atoms with Crippen LogP contribution in [0.1, 0.15) is 44.1 Å². The molecule has 0 aromatic heterocycles. The molecule has 0 heterocycles. The summed E-state index contributed by atoms with van der Waals surface area (Å²) in [7, 11) is 0. The van der Waals surface area contributed by atoms with Gasteiger partial charge in [0.15, 0.2) is 0 Å². The van der Waals surface area contributed by atoms with E-state index < -0.39 is 11.6 Å². The van der Waals surface area contributed by atoms with Crippen LogP contribution in [0.3, 0.4) is 0 Å². The number of halogens is 3. The Hall–Kier alpha value is -1.20. The molecule has 22 heavy (non-hydrogen) atoms. The van der Waals surface area contributed by atoms with Crippen LogP contribution < -0.4 is 11.1 Å². The summed E-state index contributed by atoms with van der Waals surface area (Å²) in [5.41, 5.74) is 5.68. The Kier molecular flexibility index (Phi) is 7.23. The molecule has 3 unspecified atom stereocenters. The van der Waals surface area contributed by atoms with Crippen LogP contribution in [0.5, 0.6) is 0 Å². The maximum atomic E-state index is 13.7. The minimum atomic E-state index is -0.573. The predicted molar refractivity (Wildman–Crippen MR) is 85.0 cm³/mol. The minimum absolute atomic E-state index is 0. The maximum absolute atomic E-state index is 13.7. The van der Waals surface area contributed by atoms with E-state index in [0.717, 1.165) is 19.3 Å². The second-order valence-electron chi connectivity index (χ2n) is 5.67. The molecule has 0 spiro atoms. The Morgan fingerprint density at radius 2 is 2.05 bits per heavy atom. The van der Waals surface area contributed by atoms with E-state index in [0.29, 0.717) is 13.0 Å². The molecule has 1 saturated carbocycles. The lowest BCUT2D eigenvalue weighted by molar-refractivity contribution is -0.123. The highest BCUT2D eigenvalue weighted by molar-refractivity contribution is 5.85. The monoisotopic (exact) mass is 332 g/mol. The number of amides is 1. The largest absolute Gasteiger partial charge is 0.352 e. The van der Waals surface area contributed by atoms with Crippen molar-refractivity contribution in [1.82, 2.24) is 5.32 Å². The fourth-order valence-corrected chi connectivity index (χ4v) is 2.68. The van der Waals surface area contributed by atoms with Crippen molar-refractivity contribution >= 4 is 18.3 Å². The molecule has 1 aliphatic carbocycles. The highest BCUT2D eigenvalue weighted by atomic mass is 35.5. The standard InChI is InChI=1S/C16H22F2N2O.ClH/c1-2-3-5-10(9-19)20-16(21)12-8-11(12)15-13(17)6-4-7-14(15)18;/h4,6-7,10-12H,2-3,5,8-9,19H2,1H3,(H,20,21);1H. The lowest BCUT2D eigenvalue weighted by atomic mass is 10.1. The van der Waals surface area contributed by atoms with Crippen LogP contribution in [-0.2, 0) is 4.79 Å². The van der Waals surface area contributed by atoms with Crippen molar-refractivity contribution < 1.29 is 13.6 Å². The predicted octanol–water partition coefficient (Wildman–Crippen LogP) is 3.12. The fourth-order valence-electron chi connectivity index (χ4n) is 2.68. The molecule has 3 atom stereocenters. The molecule has 1 aromatic carbocycles. The SMILES string of the molecule is CCCCC(CN)NC(=O)C1CC1c1c(F)cccc1F.Cl. The molecule has 3 N–H and O–H groups in total. The first-order chi connectivity index (χ1) is 10.1. The highest BCUT2D eigenvalue weighted by Gasteiger charge is 2.46. The maximum Gasteiger partial charge on any atom is 0.224 e. The van der Waals surface area contributed by atoms with Crippen LogP contribution in [-0.4, -0.2) is 18.5 Å². The quantitative estimate of drug-likeness (QED) is 0.806. The smallest absolute Gasteiger partial charge is 0.224 e. The molecule has 1 aromatic rings. The molecular weight excluding hydrogens is 310 g/mol. The zero-order valence-corrected chi connectivity index (χ0v) is 13.5. The first-order valence-electron chi connectivity index (χ1n) is 7.52. The number of hydrogen-bond donors (Lipinski definition) is 2. The third kappa shape index (κ3) is 4.40. The molecule has 0 radical (unpaired) electrons. The summed E-state index contributed by atoms with van der Waals surface area (Å²) in [6.07, 6.45) is 3.37. The summed E-state index contributed by atoms with van der Waals surface area (Å²) >= 11 is 0. The normalized spacial score (nSPS) is 20.9. The second-order valence-corrected chi connectivity index (χ2v) is 5.67. The molecule has 1 amide bonds. The molecule has 6 heteroatoms. The summed E-state index contributed by atoms with van der Waals surface area (Å²) in [6, 6.07) is 3.75. The lowest BCUT2D eigenvalue weighted by Crippen LogP contribution is -2.41. The van der Waals surface area contributed by atoms with E-state index in [1.165, 1.54) is 18.2 Å². The van der Waals surface area contributed by atoms with E-state index in [1.807, 2.05) is 0 Å². The molecule has 0 aliphatic heterocycles. The molecule has 3 nitrogen and oxygen atoms in total. The molecule has 1 fully saturated rings. The summed E-state index contributed by atoms with van der Waals surface area (Å²) in [5.74, 6) is -1.98. The Labute approximate surface area is 136 Å². The third-order valence-electron chi connectivity index (χ3n) is 4.03. The van der Waals surface area contributed by atoms with Crippen LogP contribution in [0, 0.1) is 17.6 Å². The van der Waals surface area contributed by atoms with Gasteiger partial charge in [0.25, 0.3) is 0 Å². The Bertz CT molecular complexity index is 493. The van der Waals surface area contributed by atoms with Crippen molar-refractivity contribution in [1.29, 1.82) is 0 Å². The molecule has 2 rings (SSSR count). The van der Waals surface area contributed by atoms with E-state index in [2.05, 4.69) is 12.2 Å². The number of rotatable bonds is 7. The number of nitrogens with one attached hydrogen (secondary N) is 1. The average molecular weight is 333 g/mol. The zero-order chi connectivity index (χ0) is 15.4. The van der Waals surface area contributed by atoms with E-state index in [-0.39, 0.29) is 41.8 Å². The molecule has 0 bridgehead atoms. The topological polar surface area (TPSA) is 55.1 Å². The van der Waals surface area contributed by atoms with Crippen LogP contribution in [0.4, 0.5) is 8.78 Å². The van der Waals surface area contributed by atoms with Gasteiger partial charge >= 0.3 is 0 Å². The summed E-state index contributed by atoms with van der Waals surface area (Å²) in [5, 5.41) is 2.89. The van der Waals surface area contributed by atoms with Crippen LogP contribution in [0.25, 0.3) is 0 Å². The number of hydrogen-bond acceptors (Lipinski definition) is 2. The fraction of sp³-hybridized carbons (Fsp3) is 0.562. The van der Waals surface area contributed by atoms with Gasteiger partial charge in [-0.3, -0.25) is 4.79 Å². The van der Waals surface area contributed by atoms with Crippen molar-refractivity contribution in [2.75, 3.05) is 6.54 Å². The number of unbranched alkanes of at least 4 members (excludes halogenated alkanes) is 1. The van der Waals surface area contributed by atoms with E-state index in [4.69, 9.17) is 5.73 Å². The second kappa shape index (κ2) is 8.44. The zero-order valence-electron chi connectivity index (χ0n) is 12.6. The number of nitrogens with two attached hydrogens (primary N) is 1. The van der Waals surface area contributed by atoms with Crippen molar-refractivity contribution in [2.45, 2.75) is 44.6 Å². The van der Waals surface area contributed by atoms with Gasteiger partial charge in [-0.25, -0.2) is 8.78 Å². The van der Waals surface area contributed by atoms with Gasteiger partial charge in [0, 0.05) is 30.0 Å². The summed E-state index contributed by atoms with van der Waals surface area (Å²) in [4.78, 5) is 12.1. The first-order valence-corrected chi connectivity index (χ1v) is 7.52. The van der Waals surface area contributed by atoms with Crippen molar-refractivity contribution in [3.05, 3.63) is 35.4 Å². The molecule has 0 saturated heterocycles. The van der Waals surface area contributed by atoms with Gasteiger partial charge in [-0.2, -0.15) is 0 Å². The molecule has 1 aliphatic rings. The Morgan fingerprint density at radius 1 is 1.41 bits per heavy atom. The minimum Gasteiger partial charge on any atom is -0.352 e. The number of carbonyl (C=O) groups excluding carboxylic acids is 1. The third-order valence-corrected chi connectivity index (χ3v) is 4.03. The van der Waals surface area contributed by atoms with Gasteiger partial charge < -0.3 is 11.1 Å². The van der Waals surface area contributed by atoms with Crippen LogP contribution in [0.15, 0.2) is 18.2 Å². The number of carbonyl (C=O) groups is 1. The van der Waals surface area contributed by atoms with Gasteiger partial charge in [-0.1, -0.05) is 25.8 Å². The molecular formula is C16H23ClF2N2O. The molecule has 124 valence electrons.